The quantitative estimate of drug-likeness (QED) is 0.481. The molecule has 0 aliphatic carbocycles. The number of hydrogen-bond acceptors (Lipinski definition) is 4. The van der Waals surface area contributed by atoms with Gasteiger partial charge in [-0.2, -0.15) is 9.37 Å². The van der Waals surface area contributed by atoms with Gasteiger partial charge in [-0.1, -0.05) is 0 Å². The van der Waals surface area contributed by atoms with Gasteiger partial charge < -0.3 is 10.4 Å². The molecule has 0 amide bonds. The average Bonchev–Trinajstić information content (AvgIpc) is 2.10. The van der Waals surface area contributed by atoms with E-state index in [-0.39, 0.29) is 12.4 Å². The number of carboxylic acids is 1. The van der Waals surface area contributed by atoms with Crippen molar-refractivity contribution >= 4 is 11.9 Å². The molecule has 0 radical (unpaired) electrons. The van der Waals surface area contributed by atoms with Crippen LogP contribution in [0.25, 0.3) is 0 Å². The summed E-state index contributed by atoms with van der Waals surface area (Å²) in [4.78, 5) is 26.6. The first-order valence-corrected chi connectivity index (χ1v) is 4.30. The molecule has 0 unspecified atom stereocenters. The van der Waals surface area contributed by atoms with Crippen LogP contribution in [0.15, 0.2) is 10.9 Å². The van der Waals surface area contributed by atoms with E-state index in [1.54, 1.807) is 0 Å². The van der Waals surface area contributed by atoms with Crippen molar-refractivity contribution in [2.45, 2.75) is 12.8 Å². The number of aliphatic carboxylic acids is 1. The number of aromatic nitrogens is 2. The van der Waals surface area contributed by atoms with Crippen molar-refractivity contribution < 1.29 is 14.3 Å². The number of nitrogens with zero attached hydrogens (tertiary/aromatic N) is 1. The topological polar surface area (TPSA) is 95.1 Å². The third kappa shape index (κ3) is 4.21. The van der Waals surface area contributed by atoms with Crippen LogP contribution in [0.5, 0.6) is 0 Å². The Kier molecular flexibility index (Phi) is 3.78. The minimum atomic E-state index is -0.905. The fraction of sp³-hybridized carbons (Fsp3) is 0.375. The third-order valence-electron chi connectivity index (χ3n) is 1.57. The monoisotopic (exact) mass is 215 g/mol. The molecule has 1 aromatic heterocycles. The largest absolute Gasteiger partial charge is 0.481 e. The zero-order chi connectivity index (χ0) is 11.3. The Bertz CT molecular complexity index is 404. The molecular weight excluding hydrogens is 205 g/mol. The van der Waals surface area contributed by atoms with Crippen LogP contribution in [-0.4, -0.2) is 27.6 Å². The Hall–Kier alpha value is -1.92. The maximum absolute atomic E-state index is 12.6. The third-order valence-corrected chi connectivity index (χ3v) is 1.57. The van der Waals surface area contributed by atoms with Crippen molar-refractivity contribution in [3.8, 4) is 0 Å². The number of halogens is 1. The molecular formula is C8H10FN3O3. The number of carboxylic acid groups (broad SMARTS) is 1. The number of H-pyrrole nitrogens is 1. The Balaban J connectivity index is 2.44. The summed E-state index contributed by atoms with van der Waals surface area (Å²) >= 11 is 0. The predicted octanol–water partition coefficient (Wildman–Crippen LogP) is 0.186. The molecule has 0 aliphatic heterocycles. The van der Waals surface area contributed by atoms with E-state index in [1.807, 2.05) is 0 Å². The smallest absolute Gasteiger partial charge is 0.303 e. The van der Waals surface area contributed by atoms with E-state index >= 15 is 0 Å². The van der Waals surface area contributed by atoms with Crippen LogP contribution in [0.4, 0.5) is 10.3 Å². The summed E-state index contributed by atoms with van der Waals surface area (Å²) in [5, 5.41) is 10.9. The van der Waals surface area contributed by atoms with E-state index in [0.717, 1.165) is 6.07 Å². The van der Waals surface area contributed by atoms with E-state index in [0.29, 0.717) is 13.0 Å². The first-order chi connectivity index (χ1) is 7.08. The van der Waals surface area contributed by atoms with Gasteiger partial charge in [0.25, 0.3) is 5.56 Å². The Labute approximate surface area is 84.2 Å². The van der Waals surface area contributed by atoms with Crippen LogP contribution in [0.2, 0.25) is 0 Å². The fourth-order valence-electron chi connectivity index (χ4n) is 0.958. The van der Waals surface area contributed by atoms with Crippen LogP contribution in [0, 0.1) is 5.95 Å². The molecule has 7 heteroatoms. The molecule has 0 saturated heterocycles. The van der Waals surface area contributed by atoms with Crippen molar-refractivity contribution in [2.24, 2.45) is 0 Å². The van der Waals surface area contributed by atoms with Crippen molar-refractivity contribution in [2.75, 3.05) is 11.9 Å². The standard InChI is InChI=1S/C8H10FN3O3/c9-5-4-6(13)12-8(11-5)10-3-1-2-7(14)15/h4H,1-3H2,(H,14,15)(H2,10,11,12,13). The zero-order valence-corrected chi connectivity index (χ0v) is 7.79. The molecule has 0 aliphatic rings. The van der Waals surface area contributed by atoms with Gasteiger partial charge in [-0.3, -0.25) is 14.6 Å². The molecule has 0 atom stereocenters. The highest BCUT2D eigenvalue weighted by Gasteiger charge is 2.00. The fourth-order valence-corrected chi connectivity index (χ4v) is 0.958. The van der Waals surface area contributed by atoms with Crippen molar-refractivity contribution in [1.82, 2.24) is 9.97 Å². The van der Waals surface area contributed by atoms with E-state index in [1.165, 1.54) is 0 Å². The van der Waals surface area contributed by atoms with Gasteiger partial charge in [-0.15, -0.1) is 0 Å². The van der Waals surface area contributed by atoms with Crippen LogP contribution in [0.1, 0.15) is 12.8 Å². The van der Waals surface area contributed by atoms with Gasteiger partial charge in [0.05, 0.1) is 6.07 Å². The normalized spacial score (nSPS) is 9.93. The first kappa shape index (κ1) is 11.2. The maximum atomic E-state index is 12.6. The molecule has 1 rings (SSSR count). The van der Waals surface area contributed by atoms with Crippen molar-refractivity contribution in [3.63, 3.8) is 0 Å². The molecule has 0 fully saturated rings. The number of nitrogens with one attached hydrogen (secondary N) is 2. The summed E-state index contributed by atoms with van der Waals surface area (Å²) in [6.45, 7) is 0.304. The lowest BCUT2D eigenvalue weighted by molar-refractivity contribution is -0.137. The van der Waals surface area contributed by atoms with E-state index in [9.17, 15) is 14.0 Å². The van der Waals surface area contributed by atoms with Gasteiger partial charge in [0.15, 0.2) is 0 Å². The first-order valence-electron chi connectivity index (χ1n) is 4.30. The van der Waals surface area contributed by atoms with Gasteiger partial charge in [-0.25, -0.2) is 0 Å². The Morgan fingerprint density at radius 3 is 3.00 bits per heavy atom. The SMILES string of the molecule is O=C(O)CCCNc1nc(F)cc(=O)[nH]1. The highest BCUT2D eigenvalue weighted by molar-refractivity contribution is 5.66. The molecule has 6 nitrogen and oxygen atoms in total. The van der Waals surface area contributed by atoms with Crippen molar-refractivity contribution in [1.29, 1.82) is 0 Å². The molecule has 82 valence electrons. The second-order valence-corrected chi connectivity index (χ2v) is 2.84. The van der Waals surface area contributed by atoms with Crippen LogP contribution in [-0.2, 0) is 4.79 Å². The lowest BCUT2D eigenvalue weighted by Gasteiger charge is -2.02. The summed E-state index contributed by atoms with van der Waals surface area (Å²) in [5.74, 6) is -1.78. The number of anilines is 1. The minimum Gasteiger partial charge on any atom is -0.481 e. The number of carbonyl (C=O) groups is 1. The molecule has 0 bridgehead atoms. The van der Waals surface area contributed by atoms with E-state index < -0.39 is 17.5 Å². The number of rotatable bonds is 5. The highest BCUT2D eigenvalue weighted by Crippen LogP contribution is 1.96. The molecule has 1 heterocycles. The van der Waals surface area contributed by atoms with Crippen LogP contribution < -0.4 is 10.9 Å². The Morgan fingerprint density at radius 2 is 2.40 bits per heavy atom. The number of aromatic amines is 1. The molecule has 0 spiro atoms. The number of hydrogen-bond donors (Lipinski definition) is 3. The average molecular weight is 215 g/mol. The lowest BCUT2D eigenvalue weighted by Crippen LogP contribution is -2.14. The molecule has 0 saturated carbocycles. The van der Waals surface area contributed by atoms with E-state index in [4.69, 9.17) is 5.11 Å². The Morgan fingerprint density at radius 1 is 1.67 bits per heavy atom. The molecule has 3 N–H and O–H groups in total. The molecule has 1 aromatic rings. The van der Waals surface area contributed by atoms with Gasteiger partial charge in [0.1, 0.15) is 0 Å². The second kappa shape index (κ2) is 5.08. The lowest BCUT2D eigenvalue weighted by atomic mass is 10.3. The summed E-state index contributed by atoms with van der Waals surface area (Å²) in [6, 6.07) is 0.725. The van der Waals surface area contributed by atoms with Gasteiger partial charge in [0, 0.05) is 13.0 Å². The maximum Gasteiger partial charge on any atom is 0.303 e. The summed E-state index contributed by atoms with van der Waals surface area (Å²) < 4.78 is 12.6. The minimum absolute atomic E-state index is 0.00499. The van der Waals surface area contributed by atoms with Crippen LogP contribution in [0.3, 0.4) is 0 Å². The summed E-state index contributed by atoms with van der Waals surface area (Å²) in [6.07, 6.45) is 0.377. The zero-order valence-electron chi connectivity index (χ0n) is 7.79. The van der Waals surface area contributed by atoms with Gasteiger partial charge >= 0.3 is 5.97 Å². The van der Waals surface area contributed by atoms with Crippen molar-refractivity contribution in [3.05, 3.63) is 22.4 Å². The predicted molar refractivity (Wildman–Crippen MR) is 50.2 cm³/mol. The van der Waals surface area contributed by atoms with Crippen LogP contribution >= 0.6 is 0 Å². The van der Waals surface area contributed by atoms with Gasteiger partial charge in [0.2, 0.25) is 11.9 Å². The summed E-state index contributed by atoms with van der Waals surface area (Å²) in [5.41, 5.74) is -0.594. The summed E-state index contributed by atoms with van der Waals surface area (Å²) in [7, 11) is 0. The highest BCUT2D eigenvalue weighted by atomic mass is 19.1. The van der Waals surface area contributed by atoms with E-state index in [2.05, 4.69) is 15.3 Å². The van der Waals surface area contributed by atoms with Gasteiger partial charge in [-0.05, 0) is 6.42 Å². The molecule has 15 heavy (non-hydrogen) atoms. The second-order valence-electron chi connectivity index (χ2n) is 2.84. The molecule has 0 aromatic carbocycles.